The van der Waals surface area contributed by atoms with Gasteiger partial charge in [-0.2, -0.15) is 0 Å². The van der Waals surface area contributed by atoms with Crippen molar-refractivity contribution in [1.82, 2.24) is 10.2 Å². The number of nitrogens with one attached hydrogen (secondary N) is 2. The van der Waals surface area contributed by atoms with Crippen LogP contribution in [0.4, 0.5) is 5.69 Å². The fourth-order valence-electron chi connectivity index (χ4n) is 4.84. The fourth-order valence-corrected chi connectivity index (χ4v) is 4.84. The van der Waals surface area contributed by atoms with E-state index in [0.29, 0.717) is 30.5 Å². The van der Waals surface area contributed by atoms with Crippen LogP contribution in [0.15, 0.2) is 24.3 Å². The molecule has 1 aromatic carbocycles. The van der Waals surface area contributed by atoms with Crippen LogP contribution >= 0.6 is 24.8 Å². The molecule has 3 atom stereocenters. The first-order valence-electron chi connectivity index (χ1n) is 10.1. The van der Waals surface area contributed by atoms with Crippen LogP contribution in [0, 0.1) is 5.92 Å². The Morgan fingerprint density at radius 2 is 1.75 bits per heavy atom. The average Bonchev–Trinajstić information content (AvgIpc) is 3.00. The minimum atomic E-state index is 0. The second-order valence-corrected chi connectivity index (χ2v) is 8.17. The van der Waals surface area contributed by atoms with Crippen molar-refractivity contribution >= 4 is 36.4 Å². The van der Waals surface area contributed by atoms with Gasteiger partial charge < -0.3 is 15.4 Å². The van der Waals surface area contributed by atoms with Crippen molar-refractivity contribution in [1.29, 1.82) is 0 Å². The monoisotopic (exact) mass is 429 g/mol. The Hall–Kier alpha value is -0.850. The van der Waals surface area contributed by atoms with Crippen molar-refractivity contribution in [3.8, 4) is 0 Å². The van der Waals surface area contributed by atoms with E-state index in [4.69, 9.17) is 4.74 Å². The number of rotatable bonds is 5. The second-order valence-electron chi connectivity index (χ2n) is 8.17. The number of nitrogens with zero attached hydrogens (tertiary/aromatic N) is 1. The molecule has 3 saturated heterocycles. The quantitative estimate of drug-likeness (QED) is 0.747. The van der Waals surface area contributed by atoms with Gasteiger partial charge in [0, 0.05) is 43.3 Å². The molecule has 3 unspecified atom stereocenters. The Balaban J connectivity index is 0.00000140. The van der Waals surface area contributed by atoms with E-state index in [1.807, 2.05) is 12.1 Å². The van der Waals surface area contributed by atoms with E-state index < -0.39 is 0 Å². The highest BCUT2D eigenvalue weighted by molar-refractivity contribution is 5.90. The highest BCUT2D eigenvalue weighted by Crippen LogP contribution is 2.33. The van der Waals surface area contributed by atoms with Crippen LogP contribution in [0.3, 0.4) is 0 Å². The number of ether oxygens (including phenoxy) is 1. The summed E-state index contributed by atoms with van der Waals surface area (Å²) in [6, 6.07) is 10.0. The summed E-state index contributed by atoms with van der Waals surface area (Å²) >= 11 is 0. The molecule has 7 heteroatoms. The number of halogens is 2. The lowest BCUT2D eigenvalue weighted by Gasteiger charge is -2.32. The van der Waals surface area contributed by atoms with E-state index >= 15 is 0 Å². The van der Waals surface area contributed by atoms with Crippen LogP contribution in [0.5, 0.6) is 0 Å². The second kappa shape index (κ2) is 10.8. The van der Waals surface area contributed by atoms with Crippen molar-refractivity contribution in [3.63, 3.8) is 0 Å². The maximum absolute atomic E-state index is 12.4. The molecule has 0 radical (unpaired) electrons. The first-order chi connectivity index (χ1) is 12.7. The summed E-state index contributed by atoms with van der Waals surface area (Å²) in [4.78, 5) is 14.9. The number of benzene rings is 1. The summed E-state index contributed by atoms with van der Waals surface area (Å²) in [6.45, 7) is 5.84. The molecule has 0 aliphatic carbocycles. The molecular formula is C21H33Cl2N3O2. The van der Waals surface area contributed by atoms with Crippen LogP contribution in [0.2, 0.25) is 0 Å². The normalized spacial score (nSPS) is 28.0. The predicted octanol–water partition coefficient (Wildman–Crippen LogP) is 3.78. The van der Waals surface area contributed by atoms with Gasteiger partial charge in [0.15, 0.2) is 0 Å². The van der Waals surface area contributed by atoms with Gasteiger partial charge in [-0.3, -0.25) is 9.69 Å². The molecule has 1 amide bonds. The van der Waals surface area contributed by atoms with E-state index in [9.17, 15) is 4.79 Å². The van der Waals surface area contributed by atoms with Crippen LogP contribution in [-0.2, 0) is 9.53 Å². The third-order valence-electron chi connectivity index (χ3n) is 6.32. The summed E-state index contributed by atoms with van der Waals surface area (Å²) < 4.78 is 5.43. The molecule has 2 N–H and O–H groups in total. The highest BCUT2D eigenvalue weighted by atomic mass is 35.5. The molecular weight excluding hydrogens is 397 g/mol. The van der Waals surface area contributed by atoms with E-state index in [0.717, 1.165) is 44.8 Å². The van der Waals surface area contributed by atoms with Crippen LogP contribution < -0.4 is 10.6 Å². The van der Waals surface area contributed by atoms with E-state index in [1.165, 1.54) is 18.4 Å². The highest BCUT2D eigenvalue weighted by Gasteiger charge is 2.34. The van der Waals surface area contributed by atoms with Gasteiger partial charge in [-0.25, -0.2) is 0 Å². The van der Waals surface area contributed by atoms with E-state index in [2.05, 4.69) is 34.6 Å². The molecule has 3 heterocycles. The standard InChI is InChI=1S/C21H31N3O2.2ClH/c1-15(24-8-10-26-11-9-24)17-2-4-18(5-3-17)23-21(25)14-16-12-19-6-7-20(13-16)22-19;;/h2-5,15-16,19-20,22H,6-14H2,1H3,(H,23,25);2*1H. The maximum atomic E-state index is 12.4. The van der Waals surface area contributed by atoms with Gasteiger partial charge >= 0.3 is 0 Å². The van der Waals surface area contributed by atoms with Crippen molar-refractivity contribution < 1.29 is 9.53 Å². The first kappa shape index (κ1) is 23.4. The predicted molar refractivity (Wildman–Crippen MR) is 118 cm³/mol. The van der Waals surface area contributed by atoms with Gasteiger partial charge in [0.05, 0.1) is 13.2 Å². The first-order valence-corrected chi connectivity index (χ1v) is 10.1. The lowest BCUT2D eigenvalue weighted by Crippen LogP contribution is -2.39. The van der Waals surface area contributed by atoms with Crippen LogP contribution in [0.1, 0.15) is 50.6 Å². The zero-order chi connectivity index (χ0) is 17.9. The smallest absolute Gasteiger partial charge is 0.224 e. The minimum absolute atomic E-state index is 0. The number of morpholine rings is 1. The summed E-state index contributed by atoms with van der Waals surface area (Å²) in [5.74, 6) is 0.694. The molecule has 0 aromatic heterocycles. The lowest BCUT2D eigenvalue weighted by molar-refractivity contribution is -0.117. The zero-order valence-electron chi connectivity index (χ0n) is 16.6. The molecule has 0 spiro atoms. The topological polar surface area (TPSA) is 53.6 Å². The number of piperidine rings is 1. The molecule has 0 saturated carbocycles. The van der Waals surface area contributed by atoms with Crippen molar-refractivity contribution in [3.05, 3.63) is 29.8 Å². The number of hydrogen-bond acceptors (Lipinski definition) is 4. The van der Waals surface area contributed by atoms with Gasteiger partial charge in [0.25, 0.3) is 0 Å². The Morgan fingerprint density at radius 1 is 1.14 bits per heavy atom. The molecule has 5 nitrogen and oxygen atoms in total. The average molecular weight is 430 g/mol. The minimum Gasteiger partial charge on any atom is -0.379 e. The number of fused-ring (bicyclic) bond motifs is 2. The lowest BCUT2D eigenvalue weighted by atomic mass is 9.89. The molecule has 3 fully saturated rings. The molecule has 3 aliphatic heterocycles. The molecule has 1 aromatic rings. The number of anilines is 1. The molecule has 2 bridgehead atoms. The fraction of sp³-hybridized carbons (Fsp3) is 0.667. The number of hydrogen-bond donors (Lipinski definition) is 2. The van der Waals surface area contributed by atoms with E-state index in [1.54, 1.807) is 0 Å². The summed E-state index contributed by atoms with van der Waals surface area (Å²) in [7, 11) is 0. The zero-order valence-corrected chi connectivity index (χ0v) is 18.2. The van der Waals surface area contributed by atoms with Gasteiger partial charge in [-0.1, -0.05) is 12.1 Å². The van der Waals surface area contributed by atoms with Gasteiger partial charge in [-0.15, -0.1) is 24.8 Å². The summed E-state index contributed by atoms with van der Waals surface area (Å²) in [5, 5.41) is 6.74. The number of carbonyl (C=O) groups excluding carboxylic acids is 1. The number of carbonyl (C=O) groups is 1. The largest absolute Gasteiger partial charge is 0.379 e. The molecule has 4 rings (SSSR count). The van der Waals surface area contributed by atoms with Crippen LogP contribution in [0.25, 0.3) is 0 Å². The number of amides is 1. The third kappa shape index (κ3) is 5.83. The van der Waals surface area contributed by atoms with Gasteiger partial charge in [0.1, 0.15) is 0 Å². The Bertz CT molecular complexity index is 611. The SMILES string of the molecule is CC(c1ccc(NC(=O)CC2CC3CCC(C2)N3)cc1)N1CCOCC1.Cl.Cl. The molecule has 3 aliphatic rings. The molecule has 158 valence electrons. The summed E-state index contributed by atoms with van der Waals surface area (Å²) in [5.41, 5.74) is 2.20. The maximum Gasteiger partial charge on any atom is 0.224 e. The van der Waals surface area contributed by atoms with Crippen molar-refractivity contribution in [2.75, 3.05) is 31.6 Å². The van der Waals surface area contributed by atoms with Gasteiger partial charge in [-0.05, 0) is 56.2 Å². The van der Waals surface area contributed by atoms with Gasteiger partial charge in [0.2, 0.25) is 5.91 Å². The Kier molecular flexibility index (Phi) is 9.03. The van der Waals surface area contributed by atoms with Crippen molar-refractivity contribution in [2.24, 2.45) is 5.92 Å². The molecule has 28 heavy (non-hydrogen) atoms. The van der Waals surface area contributed by atoms with E-state index in [-0.39, 0.29) is 30.7 Å². The third-order valence-corrected chi connectivity index (χ3v) is 6.32. The Morgan fingerprint density at radius 3 is 2.36 bits per heavy atom. The Labute approximate surface area is 180 Å². The van der Waals surface area contributed by atoms with Crippen LogP contribution in [-0.4, -0.2) is 49.2 Å². The van der Waals surface area contributed by atoms with Crippen molar-refractivity contribution in [2.45, 2.75) is 57.2 Å². The summed E-state index contributed by atoms with van der Waals surface area (Å²) in [6.07, 6.45) is 5.53.